The minimum atomic E-state index is 0.215. The van der Waals surface area contributed by atoms with Crippen molar-refractivity contribution in [3.8, 4) is 0 Å². The van der Waals surface area contributed by atoms with Crippen molar-refractivity contribution in [1.82, 2.24) is 15.5 Å². The van der Waals surface area contributed by atoms with Crippen LogP contribution in [0.1, 0.15) is 31.2 Å². The van der Waals surface area contributed by atoms with Crippen LogP contribution < -0.4 is 10.6 Å². The third-order valence-electron chi connectivity index (χ3n) is 5.11. The fraction of sp³-hybridized carbons (Fsp3) is 0.632. The van der Waals surface area contributed by atoms with Gasteiger partial charge in [-0.25, -0.2) is 0 Å². The van der Waals surface area contributed by atoms with Crippen LogP contribution in [-0.2, 0) is 11.2 Å². The third kappa shape index (κ3) is 5.33. The first-order valence-electron chi connectivity index (χ1n) is 9.06. The average molecular weight is 315 g/mol. The molecule has 2 atom stereocenters. The number of hydrogen-bond donors (Lipinski definition) is 2. The molecule has 2 unspecified atom stereocenters. The van der Waals surface area contributed by atoms with Gasteiger partial charge in [0.1, 0.15) is 0 Å². The van der Waals surface area contributed by atoms with Crippen LogP contribution >= 0.6 is 0 Å². The normalized spacial score (nSPS) is 24.9. The molecule has 2 heterocycles. The van der Waals surface area contributed by atoms with Crippen LogP contribution in [0.3, 0.4) is 0 Å². The molecule has 2 N–H and O–H groups in total. The number of likely N-dealkylation sites (tertiary alicyclic amines) is 1. The summed E-state index contributed by atoms with van der Waals surface area (Å²) < 4.78 is 0. The lowest BCUT2D eigenvalue weighted by atomic mass is 10.1. The number of carbonyl (C=O) groups is 1. The number of rotatable bonds is 7. The van der Waals surface area contributed by atoms with Crippen LogP contribution in [0.15, 0.2) is 30.3 Å². The standard InChI is InChI=1S/C19H29N3O/c23-19(13-18-7-4-10-20-18)21-14-17-9-12-22(15-17)11-8-16-5-2-1-3-6-16/h1-3,5-6,17-18,20H,4,7-15H2,(H,21,23). The molecule has 4 nitrogen and oxygen atoms in total. The first kappa shape index (κ1) is 16.5. The van der Waals surface area contributed by atoms with Gasteiger partial charge in [-0.2, -0.15) is 0 Å². The largest absolute Gasteiger partial charge is 0.356 e. The van der Waals surface area contributed by atoms with Crippen molar-refractivity contribution in [3.05, 3.63) is 35.9 Å². The fourth-order valence-electron chi connectivity index (χ4n) is 3.70. The van der Waals surface area contributed by atoms with E-state index < -0.39 is 0 Å². The summed E-state index contributed by atoms with van der Waals surface area (Å²) in [5.74, 6) is 0.832. The highest BCUT2D eigenvalue weighted by atomic mass is 16.1. The number of carbonyl (C=O) groups excluding carboxylic acids is 1. The molecule has 3 rings (SSSR count). The van der Waals surface area contributed by atoms with Gasteiger partial charge in [0.05, 0.1) is 0 Å². The second kappa shape index (κ2) is 8.46. The zero-order chi connectivity index (χ0) is 15.9. The monoisotopic (exact) mass is 315 g/mol. The molecular weight excluding hydrogens is 286 g/mol. The molecule has 0 radical (unpaired) electrons. The second-order valence-corrected chi connectivity index (χ2v) is 6.99. The highest BCUT2D eigenvalue weighted by Crippen LogP contribution is 2.16. The predicted molar refractivity (Wildman–Crippen MR) is 93.3 cm³/mol. The smallest absolute Gasteiger partial charge is 0.221 e. The average Bonchev–Trinajstić information content (AvgIpc) is 3.24. The molecule has 1 aromatic rings. The highest BCUT2D eigenvalue weighted by molar-refractivity contribution is 5.76. The molecule has 2 fully saturated rings. The Bertz CT molecular complexity index is 485. The number of nitrogens with one attached hydrogen (secondary N) is 2. The van der Waals surface area contributed by atoms with Gasteiger partial charge in [0.15, 0.2) is 0 Å². The quantitative estimate of drug-likeness (QED) is 0.806. The van der Waals surface area contributed by atoms with E-state index >= 15 is 0 Å². The summed E-state index contributed by atoms with van der Waals surface area (Å²) in [6.07, 6.45) is 5.31. The number of hydrogen-bond acceptors (Lipinski definition) is 3. The van der Waals surface area contributed by atoms with Crippen LogP contribution in [0.5, 0.6) is 0 Å². The van der Waals surface area contributed by atoms with Crippen molar-refractivity contribution in [2.45, 2.75) is 38.1 Å². The lowest BCUT2D eigenvalue weighted by Crippen LogP contribution is -2.35. The Morgan fingerprint density at radius 2 is 2.13 bits per heavy atom. The Labute approximate surface area is 139 Å². The van der Waals surface area contributed by atoms with Gasteiger partial charge in [-0.05, 0) is 50.3 Å². The summed E-state index contributed by atoms with van der Waals surface area (Å²) in [7, 11) is 0. The van der Waals surface area contributed by atoms with Gasteiger partial charge >= 0.3 is 0 Å². The van der Waals surface area contributed by atoms with Gasteiger partial charge in [0, 0.05) is 32.1 Å². The van der Waals surface area contributed by atoms with Gasteiger partial charge in [-0.1, -0.05) is 30.3 Å². The van der Waals surface area contributed by atoms with E-state index in [9.17, 15) is 4.79 Å². The zero-order valence-electron chi connectivity index (χ0n) is 14.0. The van der Waals surface area contributed by atoms with Crippen LogP contribution in [0.25, 0.3) is 0 Å². The van der Waals surface area contributed by atoms with Crippen molar-refractivity contribution in [3.63, 3.8) is 0 Å². The summed E-state index contributed by atoms with van der Waals surface area (Å²) >= 11 is 0. The van der Waals surface area contributed by atoms with Gasteiger partial charge < -0.3 is 15.5 Å². The SMILES string of the molecule is O=C(CC1CCCN1)NCC1CCN(CCc2ccccc2)C1. The maximum absolute atomic E-state index is 12.0. The Hall–Kier alpha value is -1.39. The van der Waals surface area contributed by atoms with E-state index in [-0.39, 0.29) is 5.91 Å². The van der Waals surface area contributed by atoms with E-state index in [4.69, 9.17) is 0 Å². The van der Waals surface area contributed by atoms with E-state index in [0.717, 1.165) is 45.6 Å². The third-order valence-corrected chi connectivity index (χ3v) is 5.11. The number of nitrogens with zero attached hydrogens (tertiary/aromatic N) is 1. The second-order valence-electron chi connectivity index (χ2n) is 6.99. The molecule has 0 saturated carbocycles. The molecule has 1 aromatic carbocycles. The topological polar surface area (TPSA) is 44.4 Å². The maximum atomic E-state index is 12.0. The lowest BCUT2D eigenvalue weighted by Gasteiger charge is -2.17. The molecule has 0 aromatic heterocycles. The molecule has 0 aliphatic carbocycles. The lowest BCUT2D eigenvalue weighted by molar-refractivity contribution is -0.121. The highest BCUT2D eigenvalue weighted by Gasteiger charge is 2.23. The molecular formula is C19H29N3O. The Morgan fingerprint density at radius 1 is 1.26 bits per heavy atom. The summed E-state index contributed by atoms with van der Waals surface area (Å²) in [5.41, 5.74) is 1.41. The van der Waals surface area contributed by atoms with Crippen LogP contribution in [0.4, 0.5) is 0 Å². The Morgan fingerprint density at radius 3 is 2.91 bits per heavy atom. The molecule has 2 aliphatic rings. The van der Waals surface area contributed by atoms with Crippen LogP contribution in [0.2, 0.25) is 0 Å². The van der Waals surface area contributed by atoms with Gasteiger partial charge in [-0.15, -0.1) is 0 Å². The van der Waals surface area contributed by atoms with Crippen LogP contribution in [0, 0.1) is 5.92 Å². The first-order valence-corrected chi connectivity index (χ1v) is 9.06. The molecule has 0 spiro atoms. The van der Waals surface area contributed by atoms with E-state index in [1.807, 2.05) is 0 Å². The fourth-order valence-corrected chi connectivity index (χ4v) is 3.70. The Kier molecular flexibility index (Phi) is 6.06. The van der Waals surface area contributed by atoms with Crippen LogP contribution in [-0.4, -0.2) is 49.6 Å². The zero-order valence-corrected chi connectivity index (χ0v) is 14.0. The van der Waals surface area contributed by atoms with E-state index in [0.29, 0.717) is 18.4 Å². The van der Waals surface area contributed by atoms with E-state index in [1.54, 1.807) is 0 Å². The minimum absolute atomic E-state index is 0.215. The Balaban J connectivity index is 1.31. The summed E-state index contributed by atoms with van der Waals surface area (Å²) in [6, 6.07) is 11.1. The summed E-state index contributed by atoms with van der Waals surface area (Å²) in [6.45, 7) is 5.32. The molecule has 2 aliphatic heterocycles. The van der Waals surface area contributed by atoms with E-state index in [2.05, 4.69) is 45.9 Å². The van der Waals surface area contributed by atoms with Gasteiger partial charge in [-0.3, -0.25) is 4.79 Å². The van der Waals surface area contributed by atoms with Crippen molar-refractivity contribution in [2.75, 3.05) is 32.7 Å². The molecule has 2 saturated heterocycles. The summed E-state index contributed by atoms with van der Waals surface area (Å²) in [4.78, 5) is 14.5. The molecule has 23 heavy (non-hydrogen) atoms. The molecule has 0 bridgehead atoms. The van der Waals surface area contributed by atoms with Crippen molar-refractivity contribution in [2.24, 2.45) is 5.92 Å². The van der Waals surface area contributed by atoms with E-state index in [1.165, 1.54) is 18.4 Å². The minimum Gasteiger partial charge on any atom is -0.356 e. The molecule has 1 amide bonds. The molecule has 126 valence electrons. The number of amides is 1. The first-order chi connectivity index (χ1) is 11.3. The maximum Gasteiger partial charge on any atom is 0.221 e. The van der Waals surface area contributed by atoms with Crippen molar-refractivity contribution in [1.29, 1.82) is 0 Å². The molecule has 4 heteroatoms. The van der Waals surface area contributed by atoms with Gasteiger partial charge in [0.2, 0.25) is 5.91 Å². The summed E-state index contributed by atoms with van der Waals surface area (Å²) in [5, 5.41) is 6.53. The van der Waals surface area contributed by atoms with Gasteiger partial charge in [0.25, 0.3) is 0 Å². The number of benzene rings is 1. The predicted octanol–water partition coefficient (Wildman–Crippen LogP) is 1.81. The van der Waals surface area contributed by atoms with Crippen molar-refractivity contribution >= 4 is 5.91 Å². The van der Waals surface area contributed by atoms with Crippen molar-refractivity contribution < 1.29 is 4.79 Å².